The Labute approximate surface area is 172 Å². The molecule has 0 unspecified atom stereocenters. The third-order valence-electron chi connectivity index (χ3n) is 5.34. The molecule has 0 radical (unpaired) electrons. The first-order valence-corrected chi connectivity index (χ1v) is 10.1. The summed E-state index contributed by atoms with van der Waals surface area (Å²) in [5.41, 5.74) is 1.63. The first kappa shape index (κ1) is 21.2. The van der Waals surface area contributed by atoms with Gasteiger partial charge in [0.05, 0.1) is 38.5 Å². The summed E-state index contributed by atoms with van der Waals surface area (Å²) in [6, 6.07) is 5.80. The summed E-state index contributed by atoms with van der Waals surface area (Å²) in [4.78, 5) is 19.1. The number of benzene rings is 1. The fourth-order valence-corrected chi connectivity index (χ4v) is 3.85. The van der Waals surface area contributed by atoms with Gasteiger partial charge < -0.3 is 18.6 Å². The third kappa shape index (κ3) is 4.90. The predicted octanol–water partition coefficient (Wildman–Crippen LogP) is 3.97. The Morgan fingerprint density at radius 1 is 1.28 bits per heavy atom. The van der Waals surface area contributed by atoms with Crippen molar-refractivity contribution in [1.29, 1.82) is 0 Å². The van der Waals surface area contributed by atoms with E-state index in [-0.39, 0.29) is 12.0 Å². The molecule has 0 spiro atoms. The number of methoxy groups -OCH3 is 2. The number of carbonyl (C=O) groups excluding carboxylic acids is 1. The largest absolute Gasteiger partial charge is 0.493 e. The van der Waals surface area contributed by atoms with Crippen molar-refractivity contribution in [2.75, 3.05) is 27.4 Å². The number of carbonyl (C=O) groups is 1. The SMILES string of the molecule is CCOC(=O)C[C@@H]1CCCCN1Cc1nc(-c2cccc(OC)c2OC)oc1C. The Bertz CT molecular complexity index is 833. The molecule has 1 atom stereocenters. The van der Waals surface area contributed by atoms with Gasteiger partial charge in [-0.15, -0.1) is 0 Å². The summed E-state index contributed by atoms with van der Waals surface area (Å²) in [5.74, 6) is 2.37. The number of rotatable bonds is 8. The number of para-hydroxylation sites is 1. The van der Waals surface area contributed by atoms with Crippen LogP contribution in [0.15, 0.2) is 22.6 Å². The molecule has 7 nitrogen and oxygen atoms in total. The minimum absolute atomic E-state index is 0.136. The number of aryl methyl sites for hydroxylation is 1. The smallest absolute Gasteiger partial charge is 0.307 e. The lowest BCUT2D eigenvalue weighted by Crippen LogP contribution is -2.40. The number of aromatic nitrogens is 1. The molecule has 1 aliphatic rings. The van der Waals surface area contributed by atoms with Crippen LogP contribution in [0.3, 0.4) is 0 Å². The molecule has 29 heavy (non-hydrogen) atoms. The number of nitrogens with zero attached hydrogens (tertiary/aromatic N) is 2. The van der Waals surface area contributed by atoms with E-state index < -0.39 is 0 Å². The first-order chi connectivity index (χ1) is 14.1. The molecule has 0 bridgehead atoms. The van der Waals surface area contributed by atoms with Gasteiger partial charge in [-0.1, -0.05) is 12.5 Å². The van der Waals surface area contributed by atoms with Gasteiger partial charge in [-0.2, -0.15) is 0 Å². The van der Waals surface area contributed by atoms with Gasteiger partial charge in [0.25, 0.3) is 0 Å². The van der Waals surface area contributed by atoms with E-state index in [0.717, 1.165) is 42.8 Å². The maximum atomic E-state index is 12.0. The predicted molar refractivity (Wildman–Crippen MR) is 109 cm³/mol. The molecule has 0 aliphatic carbocycles. The molecule has 1 fully saturated rings. The standard InChI is InChI=1S/C22H30N2O5/c1-5-28-20(25)13-16-9-6-7-12-24(16)14-18-15(2)29-22(23-18)17-10-8-11-19(26-3)21(17)27-4/h8,10-11,16H,5-7,9,12-14H2,1-4H3/t16-/m0/s1. The number of piperidine rings is 1. The van der Waals surface area contributed by atoms with Gasteiger partial charge in [0.1, 0.15) is 5.76 Å². The lowest BCUT2D eigenvalue weighted by atomic mass is 9.99. The number of hydrogen-bond acceptors (Lipinski definition) is 7. The molecular weight excluding hydrogens is 372 g/mol. The summed E-state index contributed by atoms with van der Waals surface area (Å²) in [5, 5.41) is 0. The molecule has 2 aromatic rings. The number of ether oxygens (including phenoxy) is 3. The molecule has 1 aliphatic heterocycles. The second-order valence-electron chi connectivity index (χ2n) is 7.19. The average molecular weight is 402 g/mol. The normalized spacial score (nSPS) is 17.2. The molecule has 1 aromatic heterocycles. The van der Waals surface area contributed by atoms with E-state index in [2.05, 4.69) is 4.90 Å². The van der Waals surface area contributed by atoms with Crippen molar-refractivity contribution in [3.8, 4) is 23.0 Å². The van der Waals surface area contributed by atoms with E-state index in [4.69, 9.17) is 23.6 Å². The summed E-state index contributed by atoms with van der Waals surface area (Å²) < 4.78 is 22.0. The highest BCUT2D eigenvalue weighted by Crippen LogP contribution is 2.38. The van der Waals surface area contributed by atoms with Crippen LogP contribution < -0.4 is 9.47 Å². The van der Waals surface area contributed by atoms with E-state index in [9.17, 15) is 4.79 Å². The summed E-state index contributed by atoms with van der Waals surface area (Å²) in [6.07, 6.45) is 3.66. The van der Waals surface area contributed by atoms with Gasteiger partial charge in [-0.05, 0) is 45.4 Å². The lowest BCUT2D eigenvalue weighted by Gasteiger charge is -2.34. The average Bonchev–Trinajstić information content (AvgIpc) is 3.09. The lowest BCUT2D eigenvalue weighted by molar-refractivity contribution is -0.145. The van der Waals surface area contributed by atoms with Crippen molar-refractivity contribution in [2.45, 2.75) is 52.1 Å². The molecule has 7 heteroatoms. The Kier molecular flexibility index (Phi) is 7.14. The fraction of sp³-hybridized carbons (Fsp3) is 0.545. The molecular formula is C22H30N2O5. The van der Waals surface area contributed by atoms with Gasteiger partial charge >= 0.3 is 5.97 Å². The van der Waals surface area contributed by atoms with Crippen LogP contribution >= 0.6 is 0 Å². The zero-order valence-electron chi connectivity index (χ0n) is 17.7. The van der Waals surface area contributed by atoms with Gasteiger partial charge in [0, 0.05) is 12.6 Å². The number of oxazole rings is 1. The van der Waals surface area contributed by atoms with Crippen LogP contribution in [0.5, 0.6) is 11.5 Å². The van der Waals surface area contributed by atoms with Crippen LogP contribution in [0, 0.1) is 6.92 Å². The van der Waals surface area contributed by atoms with Gasteiger partial charge in [0.2, 0.25) is 5.89 Å². The maximum Gasteiger partial charge on any atom is 0.307 e. The molecule has 1 saturated heterocycles. The second-order valence-corrected chi connectivity index (χ2v) is 7.19. The number of hydrogen-bond donors (Lipinski definition) is 0. The van der Waals surface area contributed by atoms with Crippen molar-refractivity contribution in [3.05, 3.63) is 29.7 Å². The maximum absolute atomic E-state index is 12.0. The second kappa shape index (κ2) is 9.78. The third-order valence-corrected chi connectivity index (χ3v) is 5.34. The van der Waals surface area contributed by atoms with E-state index in [0.29, 0.717) is 37.0 Å². The van der Waals surface area contributed by atoms with E-state index in [1.54, 1.807) is 14.2 Å². The molecule has 0 amide bonds. The van der Waals surface area contributed by atoms with E-state index in [1.165, 1.54) is 0 Å². The van der Waals surface area contributed by atoms with Gasteiger partial charge in [-0.3, -0.25) is 9.69 Å². The molecule has 0 N–H and O–H groups in total. The van der Waals surface area contributed by atoms with Crippen LogP contribution in [0.25, 0.3) is 11.5 Å². The topological polar surface area (TPSA) is 74.0 Å². The highest BCUT2D eigenvalue weighted by Gasteiger charge is 2.27. The molecule has 2 heterocycles. The van der Waals surface area contributed by atoms with Crippen molar-refractivity contribution in [1.82, 2.24) is 9.88 Å². The van der Waals surface area contributed by atoms with Crippen LogP contribution in [-0.2, 0) is 16.1 Å². The Morgan fingerprint density at radius 3 is 2.83 bits per heavy atom. The molecule has 3 rings (SSSR count). The fourth-order valence-electron chi connectivity index (χ4n) is 3.85. The quantitative estimate of drug-likeness (QED) is 0.618. The summed E-state index contributed by atoms with van der Waals surface area (Å²) in [6.45, 7) is 5.76. The first-order valence-electron chi connectivity index (χ1n) is 10.1. The molecule has 1 aromatic carbocycles. The zero-order chi connectivity index (χ0) is 20.8. The van der Waals surface area contributed by atoms with Crippen LogP contribution in [0.2, 0.25) is 0 Å². The highest BCUT2D eigenvalue weighted by molar-refractivity contribution is 5.70. The minimum atomic E-state index is -0.136. The van der Waals surface area contributed by atoms with Crippen LogP contribution in [-0.4, -0.2) is 49.3 Å². The molecule has 0 saturated carbocycles. The van der Waals surface area contributed by atoms with E-state index >= 15 is 0 Å². The Balaban J connectivity index is 1.81. The highest BCUT2D eigenvalue weighted by atomic mass is 16.5. The van der Waals surface area contributed by atoms with Crippen LogP contribution in [0.1, 0.15) is 44.1 Å². The van der Waals surface area contributed by atoms with Gasteiger partial charge in [0.15, 0.2) is 11.5 Å². The number of esters is 1. The number of likely N-dealkylation sites (tertiary alicyclic amines) is 1. The van der Waals surface area contributed by atoms with Crippen LogP contribution in [0.4, 0.5) is 0 Å². The molecule has 158 valence electrons. The minimum Gasteiger partial charge on any atom is -0.493 e. The van der Waals surface area contributed by atoms with Gasteiger partial charge in [-0.25, -0.2) is 4.98 Å². The van der Waals surface area contributed by atoms with Crippen molar-refractivity contribution in [3.63, 3.8) is 0 Å². The Hall–Kier alpha value is -2.54. The summed E-state index contributed by atoms with van der Waals surface area (Å²) >= 11 is 0. The van der Waals surface area contributed by atoms with Crippen molar-refractivity contribution >= 4 is 5.97 Å². The Morgan fingerprint density at radius 2 is 2.10 bits per heavy atom. The monoisotopic (exact) mass is 402 g/mol. The summed E-state index contributed by atoms with van der Waals surface area (Å²) in [7, 11) is 3.21. The van der Waals surface area contributed by atoms with E-state index in [1.807, 2.05) is 32.0 Å². The zero-order valence-corrected chi connectivity index (χ0v) is 17.7. The van der Waals surface area contributed by atoms with Crippen molar-refractivity contribution in [2.24, 2.45) is 0 Å². The van der Waals surface area contributed by atoms with Crippen molar-refractivity contribution < 1.29 is 23.4 Å².